The van der Waals surface area contributed by atoms with Crippen molar-refractivity contribution in [2.75, 3.05) is 0 Å². The van der Waals surface area contributed by atoms with Crippen LogP contribution in [0.3, 0.4) is 0 Å². The van der Waals surface area contributed by atoms with Crippen LogP contribution in [0.2, 0.25) is 0 Å². The standard InChI is InChI=1S/C12H9FN4/c13-9-1-2-10-7(4-9)3-8-6-15-11(5-14)17-12(8)16-10/h1-4,6H,5,14H2. The lowest BCUT2D eigenvalue weighted by atomic mass is 10.2. The zero-order valence-electron chi connectivity index (χ0n) is 8.89. The lowest BCUT2D eigenvalue weighted by Crippen LogP contribution is -2.03. The molecule has 0 amide bonds. The topological polar surface area (TPSA) is 64.7 Å². The van der Waals surface area contributed by atoms with Crippen LogP contribution in [0.5, 0.6) is 0 Å². The molecule has 1 aromatic carbocycles. The molecule has 84 valence electrons. The van der Waals surface area contributed by atoms with Gasteiger partial charge in [-0.05, 0) is 24.3 Å². The highest BCUT2D eigenvalue weighted by Crippen LogP contribution is 2.18. The molecule has 0 atom stereocenters. The second-order valence-corrected chi connectivity index (χ2v) is 3.73. The van der Waals surface area contributed by atoms with Crippen molar-refractivity contribution in [3.05, 3.63) is 42.1 Å². The summed E-state index contributed by atoms with van der Waals surface area (Å²) in [5, 5.41) is 1.52. The predicted molar refractivity (Wildman–Crippen MR) is 62.7 cm³/mol. The largest absolute Gasteiger partial charge is 0.324 e. The Balaban J connectivity index is 2.35. The Bertz CT molecular complexity index is 711. The van der Waals surface area contributed by atoms with Crippen molar-refractivity contribution in [2.24, 2.45) is 5.73 Å². The van der Waals surface area contributed by atoms with Crippen molar-refractivity contribution in [2.45, 2.75) is 6.54 Å². The number of pyridine rings is 1. The first kappa shape index (κ1) is 10.0. The van der Waals surface area contributed by atoms with Gasteiger partial charge in [0.1, 0.15) is 11.6 Å². The summed E-state index contributed by atoms with van der Waals surface area (Å²) in [6, 6.07) is 6.28. The molecule has 0 fully saturated rings. The van der Waals surface area contributed by atoms with Gasteiger partial charge in [0, 0.05) is 17.0 Å². The van der Waals surface area contributed by atoms with Gasteiger partial charge in [-0.25, -0.2) is 19.3 Å². The van der Waals surface area contributed by atoms with E-state index >= 15 is 0 Å². The van der Waals surface area contributed by atoms with Gasteiger partial charge in [0.2, 0.25) is 0 Å². The Labute approximate surface area is 96.3 Å². The minimum atomic E-state index is -0.279. The van der Waals surface area contributed by atoms with E-state index in [0.717, 1.165) is 10.8 Å². The summed E-state index contributed by atoms with van der Waals surface area (Å²) < 4.78 is 13.1. The molecule has 3 aromatic rings. The molecule has 0 radical (unpaired) electrons. The van der Waals surface area contributed by atoms with E-state index in [4.69, 9.17) is 5.73 Å². The highest BCUT2D eigenvalue weighted by Gasteiger charge is 2.03. The van der Waals surface area contributed by atoms with Crippen molar-refractivity contribution in [1.82, 2.24) is 15.0 Å². The Morgan fingerprint density at radius 3 is 2.82 bits per heavy atom. The van der Waals surface area contributed by atoms with E-state index in [9.17, 15) is 4.39 Å². The molecule has 0 aliphatic heterocycles. The first-order valence-corrected chi connectivity index (χ1v) is 5.18. The summed E-state index contributed by atoms with van der Waals surface area (Å²) in [5.74, 6) is 0.268. The van der Waals surface area contributed by atoms with E-state index in [-0.39, 0.29) is 12.4 Å². The average Bonchev–Trinajstić information content (AvgIpc) is 2.35. The number of hydrogen-bond donors (Lipinski definition) is 1. The van der Waals surface area contributed by atoms with Crippen LogP contribution in [0.25, 0.3) is 21.9 Å². The maximum atomic E-state index is 13.1. The Hall–Kier alpha value is -2.14. The van der Waals surface area contributed by atoms with Crippen molar-refractivity contribution in [3.63, 3.8) is 0 Å². The summed E-state index contributed by atoms with van der Waals surface area (Å²) in [5.41, 5.74) is 6.76. The lowest BCUT2D eigenvalue weighted by Gasteiger charge is -2.02. The minimum absolute atomic E-state index is 0.277. The quantitative estimate of drug-likeness (QED) is 0.645. The highest BCUT2D eigenvalue weighted by molar-refractivity contribution is 5.90. The fraction of sp³-hybridized carbons (Fsp3) is 0.0833. The Morgan fingerprint density at radius 1 is 1.12 bits per heavy atom. The van der Waals surface area contributed by atoms with E-state index in [1.54, 1.807) is 12.3 Å². The van der Waals surface area contributed by atoms with Crippen LogP contribution in [0.4, 0.5) is 4.39 Å². The van der Waals surface area contributed by atoms with Gasteiger partial charge in [0.25, 0.3) is 0 Å². The van der Waals surface area contributed by atoms with Crippen LogP contribution >= 0.6 is 0 Å². The van der Waals surface area contributed by atoms with Crippen LogP contribution in [-0.4, -0.2) is 15.0 Å². The molecule has 3 rings (SSSR count). The zero-order valence-corrected chi connectivity index (χ0v) is 8.89. The summed E-state index contributed by atoms with van der Waals surface area (Å²) in [6.07, 6.45) is 1.65. The molecule has 4 nitrogen and oxygen atoms in total. The van der Waals surface area contributed by atoms with Crippen LogP contribution in [-0.2, 0) is 6.54 Å². The number of rotatable bonds is 1. The van der Waals surface area contributed by atoms with Gasteiger partial charge in [0.05, 0.1) is 12.1 Å². The number of nitrogens with two attached hydrogens (primary N) is 1. The number of benzene rings is 1. The van der Waals surface area contributed by atoms with Crippen LogP contribution in [0, 0.1) is 5.82 Å². The molecule has 0 unspecified atom stereocenters. The van der Waals surface area contributed by atoms with Crippen molar-refractivity contribution in [1.29, 1.82) is 0 Å². The van der Waals surface area contributed by atoms with Gasteiger partial charge >= 0.3 is 0 Å². The van der Waals surface area contributed by atoms with E-state index in [2.05, 4.69) is 15.0 Å². The van der Waals surface area contributed by atoms with Crippen molar-refractivity contribution >= 4 is 21.9 Å². The van der Waals surface area contributed by atoms with E-state index in [1.807, 2.05) is 6.07 Å². The second-order valence-electron chi connectivity index (χ2n) is 3.73. The third-order valence-corrected chi connectivity index (χ3v) is 2.56. The van der Waals surface area contributed by atoms with Gasteiger partial charge in [0.15, 0.2) is 5.65 Å². The van der Waals surface area contributed by atoms with Gasteiger partial charge in [-0.1, -0.05) is 0 Å². The molecule has 17 heavy (non-hydrogen) atoms. The summed E-state index contributed by atoms with van der Waals surface area (Å²) >= 11 is 0. The third-order valence-electron chi connectivity index (χ3n) is 2.56. The van der Waals surface area contributed by atoms with E-state index in [1.165, 1.54) is 12.1 Å². The third kappa shape index (κ3) is 1.70. The average molecular weight is 228 g/mol. The summed E-state index contributed by atoms with van der Waals surface area (Å²) in [6.45, 7) is 0.277. The smallest absolute Gasteiger partial charge is 0.163 e. The van der Waals surface area contributed by atoms with Crippen LogP contribution in [0.1, 0.15) is 5.82 Å². The Morgan fingerprint density at radius 2 is 2.00 bits per heavy atom. The van der Waals surface area contributed by atoms with Crippen LogP contribution < -0.4 is 5.73 Å². The molecule has 2 N–H and O–H groups in total. The lowest BCUT2D eigenvalue weighted by molar-refractivity contribution is 0.629. The van der Waals surface area contributed by atoms with Crippen molar-refractivity contribution in [3.8, 4) is 0 Å². The molecular formula is C12H9FN4. The molecule has 5 heteroatoms. The first-order chi connectivity index (χ1) is 8.26. The SMILES string of the molecule is NCc1ncc2cc3cc(F)ccc3nc2n1. The molecule has 0 saturated heterocycles. The van der Waals surface area contributed by atoms with Gasteiger partial charge in [-0.3, -0.25) is 0 Å². The highest BCUT2D eigenvalue weighted by atomic mass is 19.1. The number of hydrogen-bond acceptors (Lipinski definition) is 4. The van der Waals surface area contributed by atoms with Crippen LogP contribution in [0.15, 0.2) is 30.5 Å². The monoisotopic (exact) mass is 228 g/mol. The summed E-state index contributed by atoms with van der Waals surface area (Å²) in [7, 11) is 0. The fourth-order valence-corrected chi connectivity index (χ4v) is 1.73. The maximum Gasteiger partial charge on any atom is 0.163 e. The predicted octanol–water partition coefficient (Wildman–Crippen LogP) is 1.78. The number of fused-ring (bicyclic) bond motifs is 2. The maximum absolute atomic E-state index is 13.1. The molecule has 0 aliphatic rings. The van der Waals surface area contributed by atoms with Gasteiger partial charge in [-0.2, -0.15) is 0 Å². The molecule has 2 heterocycles. The summed E-state index contributed by atoms with van der Waals surface area (Å²) in [4.78, 5) is 12.7. The molecular weight excluding hydrogens is 219 g/mol. The van der Waals surface area contributed by atoms with E-state index < -0.39 is 0 Å². The minimum Gasteiger partial charge on any atom is -0.324 e. The first-order valence-electron chi connectivity index (χ1n) is 5.18. The molecule has 0 bridgehead atoms. The number of nitrogens with zero attached hydrogens (tertiary/aromatic N) is 3. The van der Waals surface area contributed by atoms with Crippen molar-refractivity contribution < 1.29 is 4.39 Å². The molecule has 0 spiro atoms. The fourth-order valence-electron chi connectivity index (χ4n) is 1.73. The molecule has 2 aromatic heterocycles. The molecule has 0 saturated carbocycles. The number of aromatic nitrogens is 3. The van der Waals surface area contributed by atoms with Gasteiger partial charge in [-0.15, -0.1) is 0 Å². The van der Waals surface area contributed by atoms with E-state index in [0.29, 0.717) is 17.0 Å². The Kier molecular flexibility index (Phi) is 2.19. The zero-order chi connectivity index (χ0) is 11.8. The normalized spacial score (nSPS) is 11.2. The molecule has 0 aliphatic carbocycles. The van der Waals surface area contributed by atoms with Gasteiger partial charge < -0.3 is 5.73 Å². The second kappa shape index (κ2) is 3.71. The number of halogens is 1.